The highest BCUT2D eigenvalue weighted by Crippen LogP contribution is 2.23. The van der Waals surface area contributed by atoms with E-state index in [1.807, 2.05) is 18.2 Å². The molecular weight excluding hydrogens is 329 g/mol. The van der Waals surface area contributed by atoms with Gasteiger partial charge in [-0.05, 0) is 30.7 Å². The van der Waals surface area contributed by atoms with Gasteiger partial charge in [0, 0.05) is 0 Å². The van der Waals surface area contributed by atoms with Gasteiger partial charge in [-0.3, -0.25) is 4.79 Å². The zero-order valence-corrected chi connectivity index (χ0v) is 13.7. The molecule has 3 aromatic rings. The molecule has 0 bridgehead atoms. The molecule has 0 radical (unpaired) electrons. The normalized spacial score (nSPS) is 12.0. The third-order valence-corrected chi connectivity index (χ3v) is 4.03. The van der Waals surface area contributed by atoms with Gasteiger partial charge in [0.15, 0.2) is 0 Å². The summed E-state index contributed by atoms with van der Waals surface area (Å²) in [6.07, 6.45) is 3.18. The van der Waals surface area contributed by atoms with E-state index in [4.69, 9.17) is 11.6 Å². The van der Waals surface area contributed by atoms with Crippen LogP contribution >= 0.6 is 11.6 Å². The molecule has 2 aromatic carbocycles. The van der Waals surface area contributed by atoms with E-state index >= 15 is 0 Å². The van der Waals surface area contributed by atoms with Gasteiger partial charge in [-0.2, -0.15) is 5.10 Å². The second kappa shape index (κ2) is 6.84. The minimum atomic E-state index is -0.616. The molecule has 0 saturated carbocycles. The van der Waals surface area contributed by atoms with Gasteiger partial charge in [0.2, 0.25) is 5.91 Å². The molecule has 24 heavy (non-hydrogen) atoms. The van der Waals surface area contributed by atoms with Crippen LogP contribution in [-0.2, 0) is 4.79 Å². The van der Waals surface area contributed by atoms with Crippen molar-refractivity contribution in [2.75, 3.05) is 5.32 Å². The summed E-state index contributed by atoms with van der Waals surface area (Å²) in [4.78, 5) is 12.3. The van der Waals surface area contributed by atoms with Crippen molar-refractivity contribution in [2.45, 2.75) is 12.8 Å². The highest BCUT2D eigenvalue weighted by atomic mass is 35.5. The third-order valence-electron chi connectivity index (χ3n) is 3.71. The summed E-state index contributed by atoms with van der Waals surface area (Å²) in [5.74, 6) is -1.32. The minimum Gasteiger partial charge on any atom is -0.323 e. The number of anilines is 1. The van der Waals surface area contributed by atoms with E-state index in [-0.39, 0.29) is 5.91 Å². The van der Waals surface area contributed by atoms with Gasteiger partial charge in [0.05, 0.1) is 34.7 Å². The Balaban J connectivity index is 1.76. The quantitative estimate of drug-likeness (QED) is 0.762. The van der Waals surface area contributed by atoms with Crippen LogP contribution in [0.2, 0.25) is 5.02 Å². The summed E-state index contributed by atoms with van der Waals surface area (Å²) < 4.78 is 15.4. The van der Waals surface area contributed by atoms with Crippen molar-refractivity contribution in [2.24, 2.45) is 0 Å². The molecule has 1 amide bonds. The van der Waals surface area contributed by atoms with Gasteiger partial charge in [-0.15, -0.1) is 0 Å². The number of rotatable bonds is 4. The monoisotopic (exact) mass is 343 g/mol. The van der Waals surface area contributed by atoms with Crippen LogP contribution in [0.5, 0.6) is 0 Å². The van der Waals surface area contributed by atoms with Crippen molar-refractivity contribution in [1.29, 1.82) is 0 Å². The number of carbonyl (C=O) groups excluding carboxylic acids is 1. The standard InChI is InChI=1S/C18H15ClFN3O/c1-12(14-6-2-4-8-16(14)20)18(24)22-13-10-21-23(11-13)17-9-5-3-7-15(17)19/h2-12H,1H3,(H,22,24). The lowest BCUT2D eigenvalue weighted by Crippen LogP contribution is -2.19. The molecule has 0 aliphatic heterocycles. The van der Waals surface area contributed by atoms with Crippen LogP contribution in [0.25, 0.3) is 5.69 Å². The Hall–Kier alpha value is -2.66. The Labute approximate surface area is 143 Å². The molecule has 4 nitrogen and oxygen atoms in total. The largest absolute Gasteiger partial charge is 0.323 e. The number of para-hydroxylation sites is 1. The van der Waals surface area contributed by atoms with Gasteiger partial charge < -0.3 is 5.32 Å². The SMILES string of the molecule is CC(C(=O)Nc1cnn(-c2ccccc2Cl)c1)c1ccccc1F. The predicted molar refractivity (Wildman–Crippen MR) is 92.0 cm³/mol. The van der Waals surface area contributed by atoms with Crippen LogP contribution in [-0.4, -0.2) is 15.7 Å². The Morgan fingerprint density at radius 2 is 1.92 bits per heavy atom. The first kappa shape index (κ1) is 16.2. The predicted octanol–water partition coefficient (Wildman–Crippen LogP) is 4.41. The highest BCUT2D eigenvalue weighted by Gasteiger charge is 2.19. The van der Waals surface area contributed by atoms with E-state index in [2.05, 4.69) is 10.4 Å². The van der Waals surface area contributed by atoms with Crippen LogP contribution in [0, 0.1) is 5.82 Å². The van der Waals surface area contributed by atoms with E-state index in [1.165, 1.54) is 12.3 Å². The first-order valence-corrected chi connectivity index (χ1v) is 7.79. The van der Waals surface area contributed by atoms with Gasteiger partial charge in [0.25, 0.3) is 0 Å². The zero-order chi connectivity index (χ0) is 17.1. The van der Waals surface area contributed by atoms with Crippen molar-refractivity contribution in [3.8, 4) is 5.69 Å². The van der Waals surface area contributed by atoms with Crippen LogP contribution in [0.4, 0.5) is 10.1 Å². The van der Waals surface area contributed by atoms with Gasteiger partial charge >= 0.3 is 0 Å². The number of nitrogens with one attached hydrogen (secondary N) is 1. The highest BCUT2D eigenvalue weighted by molar-refractivity contribution is 6.32. The lowest BCUT2D eigenvalue weighted by atomic mass is 10.00. The molecule has 1 atom stereocenters. The van der Waals surface area contributed by atoms with Crippen molar-refractivity contribution in [3.05, 3.63) is 77.3 Å². The smallest absolute Gasteiger partial charge is 0.231 e. The molecule has 6 heteroatoms. The minimum absolute atomic E-state index is 0.307. The maximum atomic E-state index is 13.8. The molecule has 1 unspecified atom stereocenters. The van der Waals surface area contributed by atoms with E-state index in [0.29, 0.717) is 22.0 Å². The van der Waals surface area contributed by atoms with Gasteiger partial charge in [-0.1, -0.05) is 41.9 Å². The topological polar surface area (TPSA) is 46.9 Å². The van der Waals surface area contributed by atoms with E-state index in [9.17, 15) is 9.18 Å². The fourth-order valence-corrected chi connectivity index (χ4v) is 2.60. The third kappa shape index (κ3) is 3.31. The fourth-order valence-electron chi connectivity index (χ4n) is 2.37. The Morgan fingerprint density at radius 3 is 2.67 bits per heavy atom. The van der Waals surface area contributed by atoms with Crippen LogP contribution in [0.3, 0.4) is 0 Å². The summed E-state index contributed by atoms with van der Waals surface area (Å²) in [5.41, 5.74) is 1.58. The lowest BCUT2D eigenvalue weighted by Gasteiger charge is -2.12. The molecule has 1 aromatic heterocycles. The number of aromatic nitrogens is 2. The number of hydrogen-bond acceptors (Lipinski definition) is 2. The first-order chi connectivity index (χ1) is 11.6. The molecule has 0 spiro atoms. The second-order valence-electron chi connectivity index (χ2n) is 5.36. The molecule has 0 aliphatic rings. The second-order valence-corrected chi connectivity index (χ2v) is 5.76. The molecule has 0 fully saturated rings. The zero-order valence-electron chi connectivity index (χ0n) is 12.9. The molecule has 1 N–H and O–H groups in total. The van der Waals surface area contributed by atoms with Crippen molar-refractivity contribution in [3.63, 3.8) is 0 Å². The van der Waals surface area contributed by atoms with Crippen molar-refractivity contribution < 1.29 is 9.18 Å². The van der Waals surface area contributed by atoms with Crippen LogP contribution in [0.1, 0.15) is 18.4 Å². The Bertz CT molecular complexity index is 878. The Kier molecular flexibility index (Phi) is 4.62. The maximum absolute atomic E-state index is 13.8. The van der Waals surface area contributed by atoms with Gasteiger partial charge in [0.1, 0.15) is 5.82 Å². The number of hydrogen-bond donors (Lipinski definition) is 1. The number of halogens is 2. The Morgan fingerprint density at radius 1 is 1.21 bits per heavy atom. The van der Waals surface area contributed by atoms with Crippen LogP contribution < -0.4 is 5.32 Å². The van der Waals surface area contributed by atoms with Crippen LogP contribution in [0.15, 0.2) is 60.9 Å². The molecule has 0 aliphatic carbocycles. The molecular formula is C18H15ClFN3O. The molecule has 0 saturated heterocycles. The maximum Gasteiger partial charge on any atom is 0.231 e. The first-order valence-electron chi connectivity index (χ1n) is 7.41. The average molecular weight is 344 g/mol. The molecule has 1 heterocycles. The van der Waals surface area contributed by atoms with Crippen molar-refractivity contribution >= 4 is 23.2 Å². The summed E-state index contributed by atoms with van der Waals surface area (Å²) >= 11 is 6.13. The summed E-state index contributed by atoms with van der Waals surface area (Å²) in [7, 11) is 0. The van der Waals surface area contributed by atoms with E-state index in [0.717, 1.165) is 0 Å². The number of nitrogens with zero attached hydrogens (tertiary/aromatic N) is 2. The number of carbonyl (C=O) groups is 1. The average Bonchev–Trinajstić information content (AvgIpc) is 3.03. The van der Waals surface area contributed by atoms with E-state index in [1.54, 1.807) is 42.1 Å². The summed E-state index contributed by atoms with van der Waals surface area (Å²) in [5, 5.41) is 7.49. The number of benzene rings is 2. The summed E-state index contributed by atoms with van der Waals surface area (Å²) in [6.45, 7) is 1.66. The van der Waals surface area contributed by atoms with Crippen molar-refractivity contribution in [1.82, 2.24) is 9.78 Å². The lowest BCUT2D eigenvalue weighted by molar-refractivity contribution is -0.117. The summed E-state index contributed by atoms with van der Waals surface area (Å²) in [6, 6.07) is 13.5. The molecule has 122 valence electrons. The van der Waals surface area contributed by atoms with E-state index < -0.39 is 11.7 Å². The molecule has 3 rings (SSSR count). The van der Waals surface area contributed by atoms with Gasteiger partial charge in [-0.25, -0.2) is 9.07 Å². The number of amides is 1. The fraction of sp³-hybridized carbons (Fsp3) is 0.111.